The van der Waals surface area contributed by atoms with Gasteiger partial charge in [0.25, 0.3) is 0 Å². The summed E-state index contributed by atoms with van der Waals surface area (Å²) in [6.07, 6.45) is 2.99. The van der Waals surface area contributed by atoms with Crippen molar-refractivity contribution in [3.05, 3.63) is 64.2 Å². The van der Waals surface area contributed by atoms with E-state index in [1.165, 1.54) is 47.5 Å². The smallest absolute Gasteiger partial charge is 0.111 e. The van der Waals surface area contributed by atoms with Crippen molar-refractivity contribution in [1.29, 1.82) is 0 Å². The van der Waals surface area contributed by atoms with Crippen molar-refractivity contribution in [2.24, 2.45) is 5.92 Å². The summed E-state index contributed by atoms with van der Waals surface area (Å²) < 4.78 is 6.86. The number of hydrogen-bond donors (Lipinski definition) is 1. The summed E-state index contributed by atoms with van der Waals surface area (Å²) in [7, 11) is 0. The van der Waals surface area contributed by atoms with Gasteiger partial charge in [0.15, 0.2) is 0 Å². The Bertz CT molecular complexity index is 787. The van der Waals surface area contributed by atoms with E-state index in [1.54, 1.807) is 4.90 Å². The predicted molar refractivity (Wildman–Crippen MR) is 102 cm³/mol. The quantitative estimate of drug-likeness (QED) is 0.863. The molecule has 2 atom stereocenters. The summed E-state index contributed by atoms with van der Waals surface area (Å²) in [5, 5.41) is 0.798. The molecule has 0 unspecified atom stereocenters. The number of benzene rings is 2. The van der Waals surface area contributed by atoms with E-state index in [9.17, 15) is 0 Å². The van der Waals surface area contributed by atoms with Crippen LogP contribution >= 0.6 is 23.4 Å². The first-order valence-electron chi connectivity index (χ1n) is 9.27. The van der Waals surface area contributed by atoms with Gasteiger partial charge in [-0.2, -0.15) is 0 Å². The van der Waals surface area contributed by atoms with Gasteiger partial charge in [0, 0.05) is 40.0 Å². The molecule has 0 radical (unpaired) electrons. The van der Waals surface area contributed by atoms with Gasteiger partial charge in [0.05, 0.1) is 13.1 Å². The van der Waals surface area contributed by atoms with Crippen LogP contribution in [0.1, 0.15) is 35.6 Å². The number of halogens is 1. The molecule has 0 aliphatic carbocycles. The van der Waals surface area contributed by atoms with Crippen LogP contribution in [0.3, 0.4) is 0 Å². The Morgan fingerprint density at radius 1 is 1.04 bits per heavy atom. The van der Waals surface area contributed by atoms with Crippen LogP contribution in [-0.2, 0) is 10.5 Å². The first kappa shape index (κ1) is 16.2. The lowest BCUT2D eigenvalue weighted by Gasteiger charge is -2.43. The van der Waals surface area contributed by atoms with Crippen LogP contribution in [0.2, 0.25) is 5.02 Å². The average molecular weight is 373 g/mol. The highest BCUT2D eigenvalue weighted by Crippen LogP contribution is 2.43. The van der Waals surface area contributed by atoms with Gasteiger partial charge >= 0.3 is 0 Å². The van der Waals surface area contributed by atoms with Gasteiger partial charge in [-0.05, 0) is 29.3 Å². The van der Waals surface area contributed by atoms with E-state index in [0.717, 1.165) is 23.2 Å². The van der Waals surface area contributed by atoms with Gasteiger partial charge < -0.3 is 9.64 Å². The highest BCUT2D eigenvalue weighted by Gasteiger charge is 2.40. The van der Waals surface area contributed by atoms with Crippen molar-refractivity contribution in [3.63, 3.8) is 0 Å². The maximum absolute atomic E-state index is 6.86. The summed E-state index contributed by atoms with van der Waals surface area (Å²) in [5.41, 5.74) is 3.95. The normalized spacial score (nSPS) is 30.4. The number of rotatable bonds is 2. The fraction of sp³-hybridized carbons (Fsp3) is 0.429. The highest BCUT2D eigenvalue weighted by molar-refractivity contribution is 7.98. The Balaban J connectivity index is 1.56. The van der Waals surface area contributed by atoms with Crippen LogP contribution < -0.4 is 4.90 Å². The van der Waals surface area contributed by atoms with E-state index in [0.29, 0.717) is 6.10 Å². The number of thioether (sulfide) groups is 1. The van der Waals surface area contributed by atoms with E-state index >= 15 is 0 Å². The number of nitrogens with one attached hydrogen (secondary N) is 1. The lowest BCUT2D eigenvalue weighted by Crippen LogP contribution is -3.16. The first-order valence-corrected chi connectivity index (χ1v) is 10.6. The molecule has 0 spiro atoms. The molecule has 3 saturated heterocycles. The van der Waals surface area contributed by atoms with E-state index in [1.807, 2.05) is 17.8 Å². The van der Waals surface area contributed by atoms with Crippen LogP contribution in [0.15, 0.2) is 47.4 Å². The third kappa shape index (κ3) is 3.02. The van der Waals surface area contributed by atoms with Crippen LogP contribution in [0.25, 0.3) is 0 Å². The molecule has 4 aliphatic rings. The minimum absolute atomic E-state index is 0.00449. The Morgan fingerprint density at radius 3 is 2.68 bits per heavy atom. The van der Waals surface area contributed by atoms with Crippen LogP contribution in [-0.4, -0.2) is 25.7 Å². The summed E-state index contributed by atoms with van der Waals surface area (Å²) in [4.78, 5) is 3.02. The fourth-order valence-corrected chi connectivity index (χ4v) is 5.91. The number of hydrogen-bond acceptors (Lipinski definition) is 2. The predicted octanol–water partition coefficient (Wildman–Crippen LogP) is 3.73. The summed E-state index contributed by atoms with van der Waals surface area (Å²) in [6, 6.07) is 15.0. The highest BCUT2D eigenvalue weighted by atomic mass is 35.5. The Morgan fingerprint density at radius 2 is 1.88 bits per heavy atom. The molecular formula is C21H23ClNOS+. The molecule has 3 fully saturated rings. The van der Waals surface area contributed by atoms with Crippen molar-refractivity contribution in [2.45, 2.75) is 35.7 Å². The largest absolute Gasteiger partial charge is 0.359 e. The molecule has 0 aromatic heterocycles. The van der Waals surface area contributed by atoms with Crippen LogP contribution in [0.4, 0.5) is 0 Å². The fourth-order valence-electron chi connectivity index (χ4n) is 4.66. The molecule has 2 bridgehead atoms. The minimum atomic E-state index is 0.00449. The van der Waals surface area contributed by atoms with E-state index in [2.05, 4.69) is 36.4 Å². The molecule has 0 amide bonds. The second kappa shape index (κ2) is 6.62. The summed E-state index contributed by atoms with van der Waals surface area (Å²) in [5.74, 6) is 1.72. The van der Waals surface area contributed by atoms with Crippen molar-refractivity contribution >= 4 is 23.4 Å². The number of fused-ring (bicyclic) bond motifs is 5. The van der Waals surface area contributed by atoms with E-state index in [4.69, 9.17) is 16.3 Å². The second-order valence-electron chi connectivity index (χ2n) is 7.52. The molecule has 4 heteroatoms. The first-order chi connectivity index (χ1) is 12.3. The molecule has 2 aromatic carbocycles. The zero-order valence-corrected chi connectivity index (χ0v) is 15.8. The van der Waals surface area contributed by atoms with Crippen molar-refractivity contribution < 1.29 is 9.64 Å². The van der Waals surface area contributed by atoms with Crippen LogP contribution in [0, 0.1) is 5.92 Å². The molecule has 6 rings (SSSR count). The molecule has 1 N–H and O–H groups in total. The monoisotopic (exact) mass is 372 g/mol. The summed E-state index contributed by atoms with van der Waals surface area (Å²) in [6.45, 7) is 3.81. The van der Waals surface area contributed by atoms with Gasteiger partial charge in [0.1, 0.15) is 18.8 Å². The molecule has 4 heterocycles. The van der Waals surface area contributed by atoms with Crippen molar-refractivity contribution in [2.75, 3.05) is 19.6 Å². The number of piperidine rings is 3. The van der Waals surface area contributed by atoms with E-state index in [-0.39, 0.29) is 6.10 Å². The van der Waals surface area contributed by atoms with Crippen LogP contribution in [0.5, 0.6) is 0 Å². The lowest BCUT2D eigenvalue weighted by molar-refractivity contribution is -0.920. The molecule has 2 nitrogen and oxygen atoms in total. The molecule has 0 saturated carbocycles. The lowest BCUT2D eigenvalue weighted by atomic mass is 9.85. The minimum Gasteiger partial charge on any atom is -0.359 e. The number of ether oxygens (including phenoxy) is 1. The molecular weight excluding hydrogens is 350 g/mol. The zero-order chi connectivity index (χ0) is 16.8. The van der Waals surface area contributed by atoms with Crippen molar-refractivity contribution in [3.8, 4) is 0 Å². The SMILES string of the molecule is Clc1ccc2c(c1)[C@@H](O[C@H]1C[NH+]3CCC1CC3)c1ccccc1CS2. The molecule has 130 valence electrons. The second-order valence-corrected chi connectivity index (χ2v) is 8.97. The van der Waals surface area contributed by atoms with Gasteiger partial charge in [-0.15, -0.1) is 11.8 Å². The molecule has 25 heavy (non-hydrogen) atoms. The topological polar surface area (TPSA) is 13.7 Å². The Labute approximate surface area is 158 Å². The maximum atomic E-state index is 6.86. The van der Waals surface area contributed by atoms with Gasteiger partial charge in [-0.3, -0.25) is 0 Å². The third-order valence-corrected chi connectivity index (χ3v) is 7.41. The molecule has 2 aromatic rings. The maximum Gasteiger partial charge on any atom is 0.111 e. The zero-order valence-electron chi connectivity index (χ0n) is 14.2. The van der Waals surface area contributed by atoms with Gasteiger partial charge in [-0.1, -0.05) is 35.9 Å². The standard InChI is InChI=1S/C21H22ClNOS/c22-16-5-6-20-18(11-16)21(17-4-2-1-3-15(17)13-25-20)24-19-12-23-9-7-14(19)8-10-23/h1-6,11,14,19,21H,7-10,12-13H2/p+1/t19-,21-/m0/s1. The average Bonchev–Trinajstić information content (AvgIpc) is 2.80. The molecule has 4 aliphatic heterocycles. The van der Waals surface area contributed by atoms with E-state index < -0.39 is 0 Å². The Hall–Kier alpha value is -1.00. The summed E-state index contributed by atoms with van der Waals surface area (Å²) >= 11 is 8.26. The number of quaternary nitrogens is 1. The van der Waals surface area contributed by atoms with Gasteiger partial charge in [-0.25, -0.2) is 0 Å². The van der Waals surface area contributed by atoms with Gasteiger partial charge in [0.2, 0.25) is 0 Å². The Kier molecular flexibility index (Phi) is 4.29. The van der Waals surface area contributed by atoms with Crippen molar-refractivity contribution in [1.82, 2.24) is 0 Å². The third-order valence-electron chi connectivity index (χ3n) is 6.04.